The summed E-state index contributed by atoms with van der Waals surface area (Å²) in [5.74, 6) is -0.251. The molecule has 0 bridgehead atoms. The van der Waals surface area contributed by atoms with Gasteiger partial charge >= 0.3 is 5.97 Å². The quantitative estimate of drug-likeness (QED) is 0.841. The summed E-state index contributed by atoms with van der Waals surface area (Å²) in [5, 5.41) is 18.9. The molecule has 6 nitrogen and oxygen atoms in total. The number of phenolic OH excluding ortho intramolecular Hbond substituents is 1. The predicted octanol–water partition coefficient (Wildman–Crippen LogP) is 0.601. The number of hydrogen-bond acceptors (Lipinski definition) is 5. The number of phenols is 1. The zero-order valence-corrected chi connectivity index (χ0v) is 11.7. The highest BCUT2D eigenvalue weighted by molar-refractivity contribution is 5.73. The zero-order chi connectivity index (χ0) is 14.7. The molecule has 1 aromatic carbocycles. The second kappa shape index (κ2) is 6.11. The summed E-state index contributed by atoms with van der Waals surface area (Å²) < 4.78 is 5.00. The molecule has 0 aromatic heterocycles. The molecule has 2 rings (SSSR count). The number of carboxylic acids is 1. The molecule has 0 saturated carbocycles. The first-order chi connectivity index (χ1) is 9.51. The standard InChI is InChI=1S/C14H20N2O4/c1-15-5-6-16(9-11(15)14(18)19)8-10-3-4-13(20-2)12(17)7-10/h3-4,7,11,17H,5-6,8-9H2,1-2H3,(H,18,19)/t11-/m0/s1. The first-order valence-corrected chi connectivity index (χ1v) is 6.52. The number of hydrogen-bond donors (Lipinski definition) is 2. The van der Waals surface area contributed by atoms with Crippen LogP contribution in [0.25, 0.3) is 0 Å². The number of aromatic hydroxyl groups is 1. The van der Waals surface area contributed by atoms with Crippen LogP contribution < -0.4 is 4.74 Å². The van der Waals surface area contributed by atoms with Gasteiger partial charge in [0.2, 0.25) is 0 Å². The van der Waals surface area contributed by atoms with Gasteiger partial charge in [0.05, 0.1) is 7.11 Å². The fourth-order valence-corrected chi connectivity index (χ4v) is 2.43. The Morgan fingerprint density at radius 3 is 2.80 bits per heavy atom. The van der Waals surface area contributed by atoms with Crippen molar-refractivity contribution in [3.8, 4) is 11.5 Å². The number of benzene rings is 1. The van der Waals surface area contributed by atoms with Crippen LogP contribution in [0.4, 0.5) is 0 Å². The monoisotopic (exact) mass is 280 g/mol. The van der Waals surface area contributed by atoms with Crippen molar-refractivity contribution < 1.29 is 19.7 Å². The summed E-state index contributed by atoms with van der Waals surface area (Å²) in [6.07, 6.45) is 0. The number of ether oxygens (including phenoxy) is 1. The molecule has 2 N–H and O–H groups in total. The summed E-state index contributed by atoms with van der Waals surface area (Å²) in [5.41, 5.74) is 0.942. The largest absolute Gasteiger partial charge is 0.504 e. The molecule has 20 heavy (non-hydrogen) atoms. The van der Waals surface area contributed by atoms with Crippen LogP contribution in [-0.4, -0.2) is 65.8 Å². The van der Waals surface area contributed by atoms with Gasteiger partial charge in [0, 0.05) is 26.2 Å². The maximum absolute atomic E-state index is 11.2. The molecule has 0 spiro atoms. The van der Waals surface area contributed by atoms with Gasteiger partial charge in [0.25, 0.3) is 0 Å². The van der Waals surface area contributed by atoms with E-state index in [0.717, 1.165) is 18.7 Å². The van der Waals surface area contributed by atoms with Gasteiger partial charge in [-0.2, -0.15) is 0 Å². The van der Waals surface area contributed by atoms with Gasteiger partial charge in [-0.1, -0.05) is 6.07 Å². The van der Waals surface area contributed by atoms with Crippen molar-refractivity contribution in [3.63, 3.8) is 0 Å². The first-order valence-electron chi connectivity index (χ1n) is 6.52. The number of piperazine rings is 1. The summed E-state index contributed by atoms with van der Waals surface area (Å²) in [7, 11) is 3.34. The van der Waals surface area contributed by atoms with Gasteiger partial charge in [-0.15, -0.1) is 0 Å². The van der Waals surface area contributed by atoms with Gasteiger partial charge in [0.15, 0.2) is 11.5 Å². The molecule has 0 radical (unpaired) electrons. The van der Waals surface area contributed by atoms with Crippen LogP contribution in [0.2, 0.25) is 0 Å². The third kappa shape index (κ3) is 3.20. The van der Waals surface area contributed by atoms with E-state index in [2.05, 4.69) is 4.90 Å². The van der Waals surface area contributed by atoms with E-state index in [1.807, 2.05) is 18.0 Å². The Labute approximate surface area is 118 Å². The minimum absolute atomic E-state index is 0.105. The first kappa shape index (κ1) is 14.6. The normalized spacial score (nSPS) is 20.8. The maximum Gasteiger partial charge on any atom is 0.322 e. The molecule has 1 aromatic rings. The van der Waals surface area contributed by atoms with E-state index in [1.54, 1.807) is 12.1 Å². The molecule has 1 atom stereocenters. The molecule has 110 valence electrons. The van der Waals surface area contributed by atoms with E-state index < -0.39 is 12.0 Å². The van der Waals surface area contributed by atoms with Crippen LogP contribution >= 0.6 is 0 Å². The van der Waals surface area contributed by atoms with E-state index in [0.29, 0.717) is 18.8 Å². The number of aliphatic carboxylic acids is 1. The molecular formula is C14H20N2O4. The molecule has 0 aliphatic carbocycles. The number of carboxylic acid groups (broad SMARTS) is 1. The van der Waals surface area contributed by atoms with Gasteiger partial charge in [-0.25, -0.2) is 0 Å². The Hall–Kier alpha value is -1.79. The van der Waals surface area contributed by atoms with Gasteiger partial charge in [-0.05, 0) is 24.7 Å². The highest BCUT2D eigenvalue weighted by Gasteiger charge is 2.29. The number of methoxy groups -OCH3 is 1. The van der Waals surface area contributed by atoms with Gasteiger partial charge < -0.3 is 14.9 Å². The molecule has 1 aliphatic heterocycles. The van der Waals surface area contributed by atoms with Crippen LogP contribution in [0.3, 0.4) is 0 Å². The highest BCUT2D eigenvalue weighted by Crippen LogP contribution is 2.27. The SMILES string of the molecule is COc1ccc(CN2CCN(C)[C@H](C(=O)O)C2)cc1O. The third-order valence-electron chi connectivity index (χ3n) is 3.67. The minimum Gasteiger partial charge on any atom is -0.504 e. The number of nitrogens with zero attached hydrogens (tertiary/aromatic N) is 2. The second-order valence-electron chi connectivity index (χ2n) is 5.08. The van der Waals surface area contributed by atoms with Crippen molar-refractivity contribution in [1.29, 1.82) is 0 Å². The molecule has 1 aliphatic rings. The summed E-state index contributed by atoms with van der Waals surface area (Å²) in [6, 6.07) is 4.78. The van der Waals surface area contributed by atoms with Gasteiger partial charge in [0.1, 0.15) is 6.04 Å². The van der Waals surface area contributed by atoms with Crippen LogP contribution in [0, 0.1) is 0 Å². The topological polar surface area (TPSA) is 73.2 Å². The lowest BCUT2D eigenvalue weighted by molar-refractivity contribution is -0.145. The van der Waals surface area contributed by atoms with Crippen molar-refractivity contribution >= 4 is 5.97 Å². The van der Waals surface area contributed by atoms with Crippen molar-refractivity contribution in [3.05, 3.63) is 23.8 Å². The summed E-state index contributed by atoms with van der Waals surface area (Å²) in [4.78, 5) is 15.1. The number of likely N-dealkylation sites (N-methyl/N-ethyl adjacent to an activating group) is 1. The zero-order valence-electron chi connectivity index (χ0n) is 11.7. The van der Waals surface area contributed by atoms with Crippen LogP contribution in [0.15, 0.2) is 18.2 Å². The molecule has 6 heteroatoms. The van der Waals surface area contributed by atoms with Crippen LogP contribution in [0.5, 0.6) is 11.5 Å². The lowest BCUT2D eigenvalue weighted by Gasteiger charge is -2.37. The lowest BCUT2D eigenvalue weighted by Crippen LogP contribution is -2.54. The van der Waals surface area contributed by atoms with Gasteiger partial charge in [-0.3, -0.25) is 14.6 Å². The average Bonchev–Trinajstić information content (AvgIpc) is 2.41. The number of rotatable bonds is 4. The Morgan fingerprint density at radius 1 is 1.45 bits per heavy atom. The molecule has 1 fully saturated rings. The second-order valence-corrected chi connectivity index (χ2v) is 5.08. The van der Waals surface area contributed by atoms with E-state index in [-0.39, 0.29) is 5.75 Å². The minimum atomic E-state index is -0.797. The van der Waals surface area contributed by atoms with Crippen LogP contribution in [0.1, 0.15) is 5.56 Å². The highest BCUT2D eigenvalue weighted by atomic mass is 16.5. The molecular weight excluding hydrogens is 260 g/mol. The lowest BCUT2D eigenvalue weighted by atomic mass is 10.1. The number of carbonyl (C=O) groups is 1. The smallest absolute Gasteiger partial charge is 0.322 e. The maximum atomic E-state index is 11.2. The van der Waals surface area contributed by atoms with E-state index >= 15 is 0 Å². The molecule has 0 amide bonds. The Bertz CT molecular complexity index is 492. The van der Waals surface area contributed by atoms with E-state index in [4.69, 9.17) is 4.74 Å². The Balaban J connectivity index is 2.03. The Kier molecular flexibility index (Phi) is 4.46. The fraction of sp³-hybridized carbons (Fsp3) is 0.500. The fourth-order valence-electron chi connectivity index (χ4n) is 2.43. The van der Waals surface area contributed by atoms with Crippen molar-refractivity contribution in [2.45, 2.75) is 12.6 Å². The van der Waals surface area contributed by atoms with Crippen molar-refractivity contribution in [1.82, 2.24) is 9.80 Å². The van der Waals surface area contributed by atoms with E-state index in [9.17, 15) is 15.0 Å². The third-order valence-corrected chi connectivity index (χ3v) is 3.67. The van der Waals surface area contributed by atoms with Crippen molar-refractivity contribution in [2.24, 2.45) is 0 Å². The molecule has 1 saturated heterocycles. The van der Waals surface area contributed by atoms with E-state index in [1.165, 1.54) is 7.11 Å². The van der Waals surface area contributed by atoms with Crippen molar-refractivity contribution in [2.75, 3.05) is 33.8 Å². The average molecular weight is 280 g/mol. The summed E-state index contributed by atoms with van der Waals surface area (Å²) in [6.45, 7) is 2.64. The van der Waals surface area contributed by atoms with Crippen LogP contribution in [-0.2, 0) is 11.3 Å². The predicted molar refractivity (Wildman–Crippen MR) is 74.0 cm³/mol. The molecule has 0 unspecified atom stereocenters. The summed E-state index contributed by atoms with van der Waals surface area (Å²) >= 11 is 0. The molecule has 1 heterocycles. The Morgan fingerprint density at radius 2 is 2.20 bits per heavy atom.